The molecule has 0 atom stereocenters. The zero-order valence-corrected chi connectivity index (χ0v) is 16.8. The van der Waals surface area contributed by atoms with Crippen LogP contribution in [0.25, 0.3) is 10.2 Å². The van der Waals surface area contributed by atoms with Crippen molar-refractivity contribution in [1.29, 1.82) is 0 Å². The summed E-state index contributed by atoms with van der Waals surface area (Å²) >= 11 is 1.22. The number of fused-ring (bicyclic) bond motifs is 2. The van der Waals surface area contributed by atoms with Crippen molar-refractivity contribution < 1.29 is 17.9 Å². The van der Waals surface area contributed by atoms with Crippen LogP contribution < -0.4 is 10.1 Å². The number of hydrogen-bond acceptors (Lipinski definition) is 6. The van der Waals surface area contributed by atoms with Crippen molar-refractivity contribution in [2.24, 2.45) is 0 Å². The number of hydrogen-bond donors (Lipinski definition) is 1. The van der Waals surface area contributed by atoms with Crippen molar-refractivity contribution in [3.63, 3.8) is 0 Å². The van der Waals surface area contributed by atoms with Gasteiger partial charge in [-0.2, -0.15) is 0 Å². The van der Waals surface area contributed by atoms with E-state index in [0.29, 0.717) is 32.3 Å². The van der Waals surface area contributed by atoms with E-state index in [9.17, 15) is 13.2 Å². The summed E-state index contributed by atoms with van der Waals surface area (Å²) in [5.41, 5.74) is 2.62. The summed E-state index contributed by atoms with van der Waals surface area (Å²) in [6.07, 6.45) is 2.34. The molecule has 0 saturated carbocycles. The monoisotopic (exact) mass is 416 g/mol. The maximum absolute atomic E-state index is 12.5. The van der Waals surface area contributed by atoms with Gasteiger partial charge in [-0.25, -0.2) is 13.4 Å². The van der Waals surface area contributed by atoms with E-state index in [0.717, 1.165) is 27.2 Å². The molecule has 8 heteroatoms. The van der Waals surface area contributed by atoms with Gasteiger partial charge in [-0.15, -0.1) is 11.3 Å². The Balaban J connectivity index is 1.28. The summed E-state index contributed by atoms with van der Waals surface area (Å²) in [4.78, 5) is 15.6. The van der Waals surface area contributed by atoms with E-state index in [-0.39, 0.29) is 16.0 Å². The smallest absolute Gasteiger partial charge is 0.224 e. The van der Waals surface area contributed by atoms with Crippen LogP contribution in [0.15, 0.2) is 46.8 Å². The molecule has 2 heterocycles. The maximum atomic E-state index is 12.5. The molecule has 1 aliphatic heterocycles. The van der Waals surface area contributed by atoms with Crippen LogP contribution in [0.3, 0.4) is 0 Å². The largest absolute Gasteiger partial charge is 0.494 e. The Morgan fingerprint density at radius 3 is 2.82 bits per heavy atom. The summed E-state index contributed by atoms with van der Waals surface area (Å²) in [6, 6.07) is 13.0. The number of benzene rings is 2. The van der Waals surface area contributed by atoms with Crippen molar-refractivity contribution in [3.8, 4) is 5.75 Å². The summed E-state index contributed by atoms with van der Waals surface area (Å²) in [6.45, 7) is 0.445. The van der Waals surface area contributed by atoms with Crippen LogP contribution in [0.5, 0.6) is 5.75 Å². The SMILES string of the molecule is O=C1CCc2cc(OCCCCS(=O)(=O)c3nc4ccccc4s3)ccc2N1. The van der Waals surface area contributed by atoms with Gasteiger partial charge in [-0.05, 0) is 55.2 Å². The van der Waals surface area contributed by atoms with Gasteiger partial charge >= 0.3 is 0 Å². The second kappa shape index (κ2) is 7.89. The minimum Gasteiger partial charge on any atom is -0.494 e. The van der Waals surface area contributed by atoms with Crippen LogP contribution in [0.4, 0.5) is 5.69 Å². The van der Waals surface area contributed by atoms with Crippen LogP contribution in [-0.4, -0.2) is 31.7 Å². The highest BCUT2D eigenvalue weighted by Crippen LogP contribution is 2.28. The van der Waals surface area contributed by atoms with Gasteiger partial charge in [0.25, 0.3) is 0 Å². The highest BCUT2D eigenvalue weighted by atomic mass is 32.2. The van der Waals surface area contributed by atoms with Crippen LogP contribution in [0.1, 0.15) is 24.8 Å². The Morgan fingerprint density at radius 2 is 1.96 bits per heavy atom. The summed E-state index contributed by atoms with van der Waals surface area (Å²) in [5.74, 6) is 0.839. The van der Waals surface area contributed by atoms with Crippen LogP contribution in [-0.2, 0) is 21.1 Å². The van der Waals surface area contributed by atoms with Crippen molar-refractivity contribution in [2.45, 2.75) is 30.0 Å². The van der Waals surface area contributed by atoms with Gasteiger partial charge in [0.05, 0.1) is 22.6 Å². The molecule has 0 saturated heterocycles. The Labute approximate surface area is 167 Å². The highest BCUT2D eigenvalue weighted by molar-refractivity contribution is 7.93. The van der Waals surface area contributed by atoms with Gasteiger partial charge in [0.1, 0.15) is 5.75 Å². The number of nitrogens with zero attached hydrogens (tertiary/aromatic N) is 1. The predicted octanol–water partition coefficient (Wildman–Crippen LogP) is 3.81. The van der Waals surface area contributed by atoms with E-state index in [1.807, 2.05) is 42.5 Å². The highest BCUT2D eigenvalue weighted by Gasteiger charge is 2.19. The molecule has 4 rings (SSSR count). The molecule has 0 spiro atoms. The second-order valence-corrected chi connectivity index (χ2v) is 10.0. The first-order chi connectivity index (χ1) is 13.5. The van der Waals surface area contributed by atoms with Crippen molar-refractivity contribution >= 4 is 43.0 Å². The number of rotatable bonds is 7. The van der Waals surface area contributed by atoms with Crippen LogP contribution >= 0.6 is 11.3 Å². The summed E-state index contributed by atoms with van der Waals surface area (Å²) in [7, 11) is -3.37. The van der Waals surface area contributed by atoms with Crippen LogP contribution in [0, 0.1) is 0 Å². The fourth-order valence-electron chi connectivity index (χ4n) is 3.11. The first kappa shape index (κ1) is 18.9. The van der Waals surface area contributed by atoms with Gasteiger partial charge in [-0.1, -0.05) is 12.1 Å². The number of para-hydroxylation sites is 1. The van der Waals surface area contributed by atoms with E-state index in [1.54, 1.807) is 0 Å². The first-order valence-corrected chi connectivity index (χ1v) is 11.6. The van der Waals surface area contributed by atoms with E-state index >= 15 is 0 Å². The van der Waals surface area contributed by atoms with Crippen LogP contribution in [0.2, 0.25) is 0 Å². The lowest BCUT2D eigenvalue weighted by Crippen LogP contribution is -2.18. The van der Waals surface area contributed by atoms with Crippen molar-refractivity contribution in [2.75, 3.05) is 17.7 Å². The molecule has 1 aromatic heterocycles. The number of sulfone groups is 1. The zero-order chi connectivity index (χ0) is 19.6. The Bertz CT molecular complexity index is 1090. The quantitative estimate of drug-likeness (QED) is 0.592. The number of anilines is 1. The number of nitrogens with one attached hydrogen (secondary N) is 1. The maximum Gasteiger partial charge on any atom is 0.224 e. The van der Waals surface area contributed by atoms with E-state index in [2.05, 4.69) is 10.3 Å². The zero-order valence-electron chi connectivity index (χ0n) is 15.2. The molecular weight excluding hydrogens is 396 g/mol. The first-order valence-electron chi connectivity index (χ1n) is 9.15. The number of unbranched alkanes of at least 4 members (excludes halogenated alkanes) is 1. The molecule has 0 aliphatic carbocycles. The van der Waals surface area contributed by atoms with Gasteiger partial charge in [0.2, 0.25) is 20.1 Å². The third-order valence-corrected chi connectivity index (χ3v) is 7.88. The lowest BCUT2D eigenvalue weighted by atomic mass is 10.0. The number of amides is 1. The van der Waals surface area contributed by atoms with Gasteiger partial charge in [0.15, 0.2) is 0 Å². The van der Waals surface area contributed by atoms with E-state index in [4.69, 9.17) is 4.74 Å². The lowest BCUT2D eigenvalue weighted by molar-refractivity contribution is -0.116. The third-order valence-electron chi connectivity index (χ3n) is 4.59. The molecule has 0 radical (unpaired) electrons. The standard InChI is InChI=1S/C20H20N2O4S2/c23-19-10-7-14-13-15(8-9-16(14)21-19)26-11-3-4-12-28(24,25)20-22-17-5-1-2-6-18(17)27-20/h1-2,5-6,8-9,13H,3-4,7,10-12H2,(H,21,23). The average molecular weight is 417 g/mol. The number of aromatic nitrogens is 1. The number of aryl methyl sites for hydroxylation is 1. The van der Waals surface area contributed by atoms with Crippen molar-refractivity contribution in [1.82, 2.24) is 4.98 Å². The summed E-state index contributed by atoms with van der Waals surface area (Å²) < 4.78 is 31.8. The molecule has 0 bridgehead atoms. The number of carbonyl (C=O) groups excluding carboxylic acids is 1. The lowest BCUT2D eigenvalue weighted by Gasteiger charge is -2.17. The van der Waals surface area contributed by atoms with Gasteiger partial charge in [0, 0.05) is 12.1 Å². The molecule has 2 aromatic carbocycles. The average Bonchev–Trinajstić information content (AvgIpc) is 3.13. The second-order valence-electron chi connectivity index (χ2n) is 6.69. The Kier molecular flexibility index (Phi) is 5.32. The Hall–Kier alpha value is -2.45. The number of thiazole rings is 1. The van der Waals surface area contributed by atoms with E-state index < -0.39 is 9.84 Å². The van der Waals surface area contributed by atoms with Gasteiger partial charge in [-0.3, -0.25) is 4.79 Å². The third kappa shape index (κ3) is 4.18. The summed E-state index contributed by atoms with van der Waals surface area (Å²) in [5, 5.41) is 2.84. The number of carbonyl (C=O) groups is 1. The minimum absolute atomic E-state index is 0.0375. The molecule has 146 valence electrons. The fourth-order valence-corrected chi connectivity index (χ4v) is 5.83. The molecule has 28 heavy (non-hydrogen) atoms. The Morgan fingerprint density at radius 1 is 1.11 bits per heavy atom. The molecule has 1 aliphatic rings. The topological polar surface area (TPSA) is 85.4 Å². The minimum atomic E-state index is -3.37. The predicted molar refractivity (Wildman–Crippen MR) is 110 cm³/mol. The normalized spacial score (nSPS) is 13.9. The molecule has 1 amide bonds. The molecular formula is C20H20N2O4S2. The van der Waals surface area contributed by atoms with E-state index in [1.165, 1.54) is 11.3 Å². The van der Waals surface area contributed by atoms with Gasteiger partial charge < -0.3 is 10.1 Å². The number of ether oxygens (including phenoxy) is 1. The molecule has 6 nitrogen and oxygen atoms in total. The molecule has 1 N–H and O–H groups in total. The van der Waals surface area contributed by atoms with Crippen molar-refractivity contribution in [3.05, 3.63) is 48.0 Å². The molecule has 0 unspecified atom stereocenters. The molecule has 0 fully saturated rings. The fraction of sp³-hybridized carbons (Fsp3) is 0.300. The molecule has 3 aromatic rings.